The molecule has 21 heavy (non-hydrogen) atoms. The van der Waals surface area contributed by atoms with Gasteiger partial charge in [-0.05, 0) is 52.1 Å². The lowest BCUT2D eigenvalue weighted by Gasteiger charge is -2.36. The molecule has 0 saturated carbocycles. The number of nitrogens with zero attached hydrogens (tertiary/aromatic N) is 2. The lowest BCUT2D eigenvalue weighted by molar-refractivity contribution is 0.159. The van der Waals surface area contributed by atoms with Gasteiger partial charge in [0.2, 0.25) is 10.0 Å². The van der Waals surface area contributed by atoms with Gasteiger partial charge in [-0.1, -0.05) is 0 Å². The zero-order valence-electron chi connectivity index (χ0n) is 13.1. The molecule has 0 N–H and O–H groups in total. The fourth-order valence-electron chi connectivity index (χ4n) is 2.34. The number of hydrogen-bond acceptors (Lipinski definition) is 4. The number of benzene rings is 1. The van der Waals surface area contributed by atoms with Crippen molar-refractivity contribution in [2.24, 2.45) is 0 Å². The first kappa shape index (κ1) is 16.3. The molecule has 118 valence electrons. The Morgan fingerprint density at radius 3 is 2.33 bits per heavy atom. The van der Waals surface area contributed by atoms with E-state index < -0.39 is 10.0 Å². The Hall–Kier alpha value is -1.11. The minimum absolute atomic E-state index is 0.0749. The molecule has 5 nitrogen and oxygen atoms in total. The topological polar surface area (TPSA) is 49.9 Å². The van der Waals surface area contributed by atoms with Gasteiger partial charge < -0.3 is 9.64 Å². The van der Waals surface area contributed by atoms with Crippen LogP contribution in [-0.4, -0.2) is 56.5 Å². The average Bonchev–Trinajstić information content (AvgIpc) is 2.41. The first-order chi connectivity index (χ1) is 9.80. The van der Waals surface area contributed by atoms with Crippen molar-refractivity contribution in [2.45, 2.75) is 37.8 Å². The van der Waals surface area contributed by atoms with Crippen LogP contribution in [0.2, 0.25) is 0 Å². The molecule has 1 atom stereocenters. The second-order valence-electron chi connectivity index (χ2n) is 5.83. The Labute approximate surface area is 127 Å². The molecule has 0 bridgehead atoms. The number of rotatable bonds is 4. The highest BCUT2D eigenvalue weighted by atomic mass is 32.2. The highest BCUT2D eigenvalue weighted by molar-refractivity contribution is 7.89. The maximum atomic E-state index is 12.6. The summed E-state index contributed by atoms with van der Waals surface area (Å²) in [6, 6.07) is 6.90. The third-order valence-corrected chi connectivity index (χ3v) is 5.64. The minimum Gasteiger partial charge on any atom is -0.491 e. The maximum absolute atomic E-state index is 12.6. The van der Waals surface area contributed by atoms with Crippen LogP contribution in [0.5, 0.6) is 5.75 Å². The maximum Gasteiger partial charge on any atom is 0.243 e. The SMILES string of the molecule is CC(C)Oc1ccc(S(=O)(=O)N2CCN(C)C(C)C2)cc1. The van der Waals surface area contributed by atoms with Crippen LogP contribution in [0, 0.1) is 0 Å². The van der Waals surface area contributed by atoms with Crippen LogP contribution in [-0.2, 0) is 10.0 Å². The Morgan fingerprint density at radius 2 is 1.81 bits per heavy atom. The molecule has 0 amide bonds. The standard InChI is InChI=1S/C15H24N2O3S/c1-12(2)20-14-5-7-15(8-6-14)21(18,19)17-10-9-16(4)13(3)11-17/h5-8,12-13H,9-11H2,1-4H3. The summed E-state index contributed by atoms with van der Waals surface area (Å²) in [5.74, 6) is 0.690. The van der Waals surface area contributed by atoms with Crippen LogP contribution in [0.15, 0.2) is 29.2 Å². The predicted molar refractivity (Wildman–Crippen MR) is 83.1 cm³/mol. The van der Waals surface area contributed by atoms with Gasteiger partial charge in [0, 0.05) is 25.7 Å². The van der Waals surface area contributed by atoms with Gasteiger partial charge in [-0.15, -0.1) is 0 Å². The average molecular weight is 312 g/mol. The molecule has 6 heteroatoms. The van der Waals surface area contributed by atoms with Crippen LogP contribution in [0.3, 0.4) is 0 Å². The smallest absolute Gasteiger partial charge is 0.243 e. The zero-order valence-corrected chi connectivity index (χ0v) is 13.9. The van der Waals surface area contributed by atoms with Gasteiger partial charge in [-0.25, -0.2) is 8.42 Å². The van der Waals surface area contributed by atoms with E-state index in [0.717, 1.165) is 6.54 Å². The van der Waals surface area contributed by atoms with E-state index in [4.69, 9.17) is 4.74 Å². The van der Waals surface area contributed by atoms with Crippen molar-refractivity contribution >= 4 is 10.0 Å². The Bertz CT molecular complexity index is 569. The minimum atomic E-state index is -3.41. The number of sulfonamides is 1. The number of piperazine rings is 1. The zero-order chi connectivity index (χ0) is 15.6. The van der Waals surface area contributed by atoms with Crippen molar-refractivity contribution in [1.29, 1.82) is 0 Å². The van der Waals surface area contributed by atoms with E-state index in [1.807, 2.05) is 27.8 Å². The monoisotopic (exact) mass is 312 g/mol. The molecule has 1 heterocycles. The Morgan fingerprint density at radius 1 is 1.19 bits per heavy atom. The fourth-order valence-corrected chi connectivity index (χ4v) is 3.86. The van der Waals surface area contributed by atoms with Gasteiger partial charge >= 0.3 is 0 Å². The molecule has 1 fully saturated rings. The van der Waals surface area contributed by atoms with Gasteiger partial charge in [-0.3, -0.25) is 0 Å². The van der Waals surface area contributed by atoms with Crippen LogP contribution < -0.4 is 4.74 Å². The van der Waals surface area contributed by atoms with E-state index >= 15 is 0 Å². The van der Waals surface area contributed by atoms with Gasteiger partial charge in [0.15, 0.2) is 0 Å². The fraction of sp³-hybridized carbons (Fsp3) is 0.600. The molecule has 1 saturated heterocycles. The van der Waals surface area contributed by atoms with Crippen molar-refractivity contribution in [3.63, 3.8) is 0 Å². The molecule has 0 spiro atoms. The Balaban J connectivity index is 2.16. The van der Waals surface area contributed by atoms with Crippen molar-refractivity contribution in [3.05, 3.63) is 24.3 Å². The van der Waals surface area contributed by atoms with Crippen molar-refractivity contribution in [1.82, 2.24) is 9.21 Å². The molecule has 1 aliphatic rings. The predicted octanol–water partition coefficient (Wildman–Crippen LogP) is 1.80. The molecular weight excluding hydrogens is 288 g/mol. The summed E-state index contributed by atoms with van der Waals surface area (Å²) in [5, 5.41) is 0. The van der Waals surface area contributed by atoms with E-state index in [0.29, 0.717) is 23.7 Å². The number of hydrogen-bond donors (Lipinski definition) is 0. The Kier molecular flexibility index (Phi) is 4.91. The summed E-state index contributed by atoms with van der Waals surface area (Å²) in [5.41, 5.74) is 0. The number of likely N-dealkylation sites (N-methyl/N-ethyl adjacent to an activating group) is 1. The molecule has 0 aromatic heterocycles. The normalized spacial score (nSPS) is 21.7. The molecule has 1 aromatic rings. The molecule has 1 aliphatic heterocycles. The van der Waals surface area contributed by atoms with Gasteiger partial charge in [-0.2, -0.15) is 4.31 Å². The molecule has 1 unspecified atom stereocenters. The van der Waals surface area contributed by atoms with E-state index in [9.17, 15) is 8.42 Å². The third-order valence-electron chi connectivity index (χ3n) is 3.76. The largest absolute Gasteiger partial charge is 0.491 e. The summed E-state index contributed by atoms with van der Waals surface area (Å²) in [7, 11) is -1.39. The molecule has 0 radical (unpaired) electrons. The quantitative estimate of drug-likeness (QED) is 0.850. The molecule has 2 rings (SSSR count). The first-order valence-corrected chi connectivity index (χ1v) is 8.72. The summed E-state index contributed by atoms with van der Waals surface area (Å²) >= 11 is 0. The first-order valence-electron chi connectivity index (χ1n) is 7.28. The molecule has 0 aliphatic carbocycles. The van der Waals surface area contributed by atoms with Crippen LogP contribution in [0.4, 0.5) is 0 Å². The lowest BCUT2D eigenvalue weighted by Crippen LogP contribution is -2.51. The summed E-state index contributed by atoms with van der Waals surface area (Å²) in [6.45, 7) is 7.75. The van der Waals surface area contributed by atoms with Gasteiger partial charge in [0.1, 0.15) is 5.75 Å². The van der Waals surface area contributed by atoms with E-state index in [1.165, 1.54) is 0 Å². The second kappa shape index (κ2) is 6.34. The summed E-state index contributed by atoms with van der Waals surface area (Å²) in [6.07, 6.45) is 0.0749. The van der Waals surface area contributed by atoms with Crippen molar-refractivity contribution in [2.75, 3.05) is 26.7 Å². The van der Waals surface area contributed by atoms with Crippen LogP contribution >= 0.6 is 0 Å². The van der Waals surface area contributed by atoms with E-state index in [-0.39, 0.29) is 12.1 Å². The molecule has 1 aromatic carbocycles. The summed E-state index contributed by atoms with van der Waals surface area (Å²) in [4.78, 5) is 2.50. The second-order valence-corrected chi connectivity index (χ2v) is 7.77. The highest BCUT2D eigenvalue weighted by Gasteiger charge is 2.30. The molecular formula is C15H24N2O3S. The highest BCUT2D eigenvalue weighted by Crippen LogP contribution is 2.22. The van der Waals surface area contributed by atoms with Crippen LogP contribution in [0.1, 0.15) is 20.8 Å². The third kappa shape index (κ3) is 3.75. The summed E-state index contributed by atoms with van der Waals surface area (Å²) < 4.78 is 32.4. The van der Waals surface area contributed by atoms with Gasteiger partial charge in [0.05, 0.1) is 11.0 Å². The van der Waals surface area contributed by atoms with Crippen LogP contribution in [0.25, 0.3) is 0 Å². The van der Waals surface area contributed by atoms with Gasteiger partial charge in [0.25, 0.3) is 0 Å². The van der Waals surface area contributed by atoms with E-state index in [2.05, 4.69) is 4.90 Å². The number of ether oxygens (including phenoxy) is 1. The van der Waals surface area contributed by atoms with E-state index in [1.54, 1.807) is 28.6 Å². The van der Waals surface area contributed by atoms with Crippen molar-refractivity contribution < 1.29 is 13.2 Å². The lowest BCUT2D eigenvalue weighted by atomic mass is 10.2. The van der Waals surface area contributed by atoms with Crippen molar-refractivity contribution in [3.8, 4) is 5.75 Å².